The monoisotopic (exact) mass is 791 g/mol. The van der Waals surface area contributed by atoms with Gasteiger partial charge in [0.25, 0.3) is 0 Å². The van der Waals surface area contributed by atoms with E-state index < -0.39 is 167 Å². The molecule has 314 valence electrons. The van der Waals surface area contributed by atoms with Gasteiger partial charge >= 0.3 is 0 Å². The van der Waals surface area contributed by atoms with Gasteiger partial charge in [-0.1, -0.05) is 6.08 Å². The van der Waals surface area contributed by atoms with E-state index in [1.54, 1.807) is 0 Å². The summed E-state index contributed by atoms with van der Waals surface area (Å²) in [5.74, 6) is 0. The maximum atomic E-state index is 11.2. The van der Waals surface area contributed by atoms with E-state index in [9.17, 15) is 76.6 Å². The summed E-state index contributed by atoms with van der Waals surface area (Å²) in [5, 5.41) is 159. The summed E-state index contributed by atoms with van der Waals surface area (Å²) in [6, 6.07) is -2.40. The van der Waals surface area contributed by atoms with Gasteiger partial charge in [-0.3, -0.25) is 0 Å². The number of rotatable bonds is 11. The number of nitrogens with one attached hydrogen (secondary N) is 1. The van der Waals surface area contributed by atoms with Gasteiger partial charge < -0.3 is 115 Å². The molecule has 5 aliphatic rings. The minimum Gasteiger partial charge on any atom is -0.394 e. The average Bonchev–Trinajstić information content (AvgIpc) is 3.15. The van der Waals surface area contributed by atoms with E-state index in [4.69, 9.17) is 33.2 Å². The molecule has 1 unspecified atom stereocenters. The summed E-state index contributed by atoms with van der Waals surface area (Å²) in [4.78, 5) is 0. The largest absolute Gasteiger partial charge is 0.394 e. The highest BCUT2D eigenvalue weighted by Gasteiger charge is 2.54. The number of hydrogen-bond donors (Lipinski definition) is 16. The summed E-state index contributed by atoms with van der Waals surface area (Å²) >= 11 is 0. The van der Waals surface area contributed by atoms with Gasteiger partial charge in [-0.15, -0.1) is 0 Å². The second kappa shape index (κ2) is 18.2. The van der Waals surface area contributed by atoms with E-state index in [-0.39, 0.29) is 5.57 Å². The van der Waals surface area contributed by atoms with Crippen molar-refractivity contribution < 1.29 is 110 Å². The third-order valence-corrected chi connectivity index (χ3v) is 10.5. The zero-order chi connectivity index (χ0) is 39.9. The van der Waals surface area contributed by atoms with Gasteiger partial charge in [0.1, 0.15) is 97.7 Å². The fourth-order valence-electron chi connectivity index (χ4n) is 7.24. The number of aliphatic hydroxyl groups excluding tert-OH is 15. The van der Waals surface area contributed by atoms with E-state index in [0.29, 0.717) is 0 Å². The zero-order valence-corrected chi connectivity index (χ0v) is 29.1. The molecular formula is C31H53NO22. The summed E-state index contributed by atoms with van der Waals surface area (Å²) in [6.07, 6.45) is -34.8. The lowest BCUT2D eigenvalue weighted by Crippen LogP contribution is -2.68. The highest BCUT2D eigenvalue weighted by atomic mass is 16.8. The first-order valence-electron chi connectivity index (χ1n) is 17.5. The Morgan fingerprint density at radius 3 is 1.61 bits per heavy atom. The molecule has 5 rings (SSSR count). The van der Waals surface area contributed by atoms with Crippen molar-refractivity contribution >= 4 is 0 Å². The molecular weight excluding hydrogens is 738 g/mol. The molecule has 1 aliphatic carbocycles. The first-order chi connectivity index (χ1) is 25.4. The van der Waals surface area contributed by atoms with Crippen LogP contribution in [0.5, 0.6) is 0 Å². The number of hydrogen-bond acceptors (Lipinski definition) is 23. The molecule has 0 aromatic heterocycles. The van der Waals surface area contributed by atoms with Crippen LogP contribution in [-0.2, 0) is 33.2 Å². The topological polar surface area (TPSA) is 380 Å². The summed E-state index contributed by atoms with van der Waals surface area (Å²) in [7, 11) is 0. The minimum atomic E-state index is -1.97. The molecule has 4 aliphatic heterocycles. The molecule has 23 nitrogen and oxygen atoms in total. The lowest BCUT2D eigenvalue weighted by atomic mass is 9.86. The van der Waals surface area contributed by atoms with E-state index in [1.807, 2.05) is 0 Å². The SMILES string of the molecule is C[C@H]1O[C@H](O[C@@H]2C(CO)=C[C@H](N[C@H]3[C@H](O)[C@@H](O)[C@@H](O[C@H]4[C@H](O)[C@@H](O)[C@@H](O[C@H]5[C@H](O)[C@@H](O)C(O)O[C@@H]5CO)O[C@@H]4CO)O[C@@H]3C)[C@H](O)[C@@H]2O)[C@H](O)[C@@H](O)[C@@H]1O. The van der Waals surface area contributed by atoms with Crippen molar-refractivity contribution in [3.05, 3.63) is 11.6 Å². The Bertz CT molecular complexity index is 1230. The van der Waals surface area contributed by atoms with Crippen LogP contribution in [0.4, 0.5) is 0 Å². The van der Waals surface area contributed by atoms with Crippen LogP contribution < -0.4 is 5.32 Å². The van der Waals surface area contributed by atoms with Gasteiger partial charge in [-0.2, -0.15) is 0 Å². The lowest BCUT2D eigenvalue weighted by Gasteiger charge is -2.49. The minimum absolute atomic E-state index is 0.00309. The van der Waals surface area contributed by atoms with Crippen LogP contribution in [0.2, 0.25) is 0 Å². The molecule has 4 fully saturated rings. The fourth-order valence-corrected chi connectivity index (χ4v) is 7.24. The van der Waals surface area contributed by atoms with Crippen LogP contribution in [0, 0.1) is 0 Å². The molecule has 0 amide bonds. The normalized spacial score (nSPS) is 53.2. The van der Waals surface area contributed by atoms with Gasteiger partial charge in [0, 0.05) is 0 Å². The Labute approximate surface area is 307 Å². The Balaban J connectivity index is 1.22. The highest BCUT2D eigenvalue weighted by molar-refractivity contribution is 5.23. The quantitative estimate of drug-likeness (QED) is 0.0864. The van der Waals surface area contributed by atoms with Gasteiger partial charge in [-0.05, 0) is 19.4 Å². The van der Waals surface area contributed by atoms with Gasteiger partial charge in [0.15, 0.2) is 25.2 Å². The van der Waals surface area contributed by atoms with Crippen LogP contribution in [0.3, 0.4) is 0 Å². The lowest BCUT2D eigenvalue weighted by molar-refractivity contribution is -0.373. The molecule has 24 atom stereocenters. The number of aliphatic hydroxyl groups is 15. The first-order valence-corrected chi connectivity index (χ1v) is 17.5. The third-order valence-electron chi connectivity index (χ3n) is 10.5. The maximum absolute atomic E-state index is 11.2. The van der Waals surface area contributed by atoms with Crippen LogP contribution in [0.25, 0.3) is 0 Å². The number of ether oxygens (including phenoxy) is 7. The van der Waals surface area contributed by atoms with Gasteiger partial charge in [-0.25, -0.2) is 0 Å². The Kier molecular flexibility index (Phi) is 14.8. The predicted octanol–water partition coefficient (Wildman–Crippen LogP) is -9.71. The molecule has 16 N–H and O–H groups in total. The Morgan fingerprint density at radius 1 is 0.519 bits per heavy atom. The highest BCUT2D eigenvalue weighted by Crippen LogP contribution is 2.34. The predicted molar refractivity (Wildman–Crippen MR) is 169 cm³/mol. The van der Waals surface area contributed by atoms with Crippen LogP contribution in [0.15, 0.2) is 11.6 Å². The van der Waals surface area contributed by atoms with Gasteiger partial charge in [0.05, 0.1) is 44.1 Å². The summed E-state index contributed by atoms with van der Waals surface area (Å²) in [6.45, 7) is 0.468. The second-order valence-electron chi connectivity index (χ2n) is 14.2. The van der Waals surface area contributed by atoms with Gasteiger partial charge in [0.2, 0.25) is 0 Å². The molecule has 0 aromatic carbocycles. The third kappa shape index (κ3) is 8.64. The smallest absolute Gasteiger partial charge is 0.187 e. The molecule has 54 heavy (non-hydrogen) atoms. The van der Waals surface area contributed by atoms with Crippen molar-refractivity contribution in [3.8, 4) is 0 Å². The molecule has 0 aromatic rings. The van der Waals surface area contributed by atoms with Crippen LogP contribution in [-0.4, -0.2) is 244 Å². The van der Waals surface area contributed by atoms with E-state index in [0.717, 1.165) is 0 Å². The average molecular weight is 792 g/mol. The zero-order valence-electron chi connectivity index (χ0n) is 29.1. The fraction of sp³-hybridized carbons (Fsp3) is 0.935. The van der Waals surface area contributed by atoms with Crippen molar-refractivity contribution in [2.45, 2.75) is 161 Å². The Hall–Kier alpha value is -1.18. The molecule has 0 saturated carbocycles. The molecule has 0 spiro atoms. The van der Waals surface area contributed by atoms with E-state index in [1.165, 1.54) is 19.9 Å². The van der Waals surface area contributed by atoms with Crippen molar-refractivity contribution in [3.63, 3.8) is 0 Å². The van der Waals surface area contributed by atoms with Crippen molar-refractivity contribution in [1.29, 1.82) is 0 Å². The van der Waals surface area contributed by atoms with E-state index in [2.05, 4.69) is 5.32 Å². The van der Waals surface area contributed by atoms with Crippen LogP contribution >= 0.6 is 0 Å². The molecule has 23 heteroatoms. The van der Waals surface area contributed by atoms with E-state index >= 15 is 0 Å². The van der Waals surface area contributed by atoms with Crippen molar-refractivity contribution in [1.82, 2.24) is 5.32 Å². The first kappa shape index (κ1) is 43.9. The molecule has 4 saturated heterocycles. The Morgan fingerprint density at radius 2 is 1.02 bits per heavy atom. The molecule has 4 heterocycles. The van der Waals surface area contributed by atoms with Crippen molar-refractivity contribution in [2.24, 2.45) is 0 Å². The van der Waals surface area contributed by atoms with Crippen LogP contribution in [0.1, 0.15) is 13.8 Å². The maximum Gasteiger partial charge on any atom is 0.187 e. The molecule has 0 radical (unpaired) electrons. The summed E-state index contributed by atoms with van der Waals surface area (Å²) in [5.41, 5.74) is 0.00309. The molecule has 0 bridgehead atoms. The second-order valence-corrected chi connectivity index (χ2v) is 14.2. The standard InChI is InChI=1S/C31H53NO22/c1-7-13(32-10-3-9(4-33)25(18(40)15(10)37)52-30-23(45)17(39)14(36)8(2)49-30)16(38)22(44)29(48-7)53-27-12(6-35)51-31(24(46)20(27)42)54-26-11(5-34)50-28(47)21(43)19(26)41/h3,7-8,10-47H,4-6H2,1-2H3/t7-,8-,10+,11-,12-,13-,14-,15+,16+,17+,18+,19-,20-,21-,22-,23-,24-,25-,26-,27-,28?,29-,30-,31-/m1/s1. The van der Waals surface area contributed by atoms with Crippen molar-refractivity contribution in [2.75, 3.05) is 19.8 Å². The summed E-state index contributed by atoms with van der Waals surface area (Å²) < 4.78 is 38.6.